The Labute approximate surface area is 201 Å². The third kappa shape index (κ3) is 4.33. The summed E-state index contributed by atoms with van der Waals surface area (Å²) < 4.78 is 7.10. The number of hydrogen-bond donors (Lipinski definition) is 1. The number of rotatable bonds is 4. The summed E-state index contributed by atoms with van der Waals surface area (Å²) in [5, 5.41) is 10.9. The van der Waals surface area contributed by atoms with E-state index in [0.717, 1.165) is 41.4 Å². The molecule has 1 aromatic heterocycles. The Hall–Kier alpha value is -2.96. The van der Waals surface area contributed by atoms with Crippen LogP contribution in [0.1, 0.15) is 57.9 Å². The Balaban J connectivity index is 1.49. The van der Waals surface area contributed by atoms with Crippen LogP contribution < -0.4 is 4.74 Å². The molecule has 3 heterocycles. The van der Waals surface area contributed by atoms with Gasteiger partial charge in [0.25, 0.3) is 0 Å². The largest absolute Gasteiger partial charge is 0.507 e. The van der Waals surface area contributed by atoms with Crippen molar-refractivity contribution in [2.24, 2.45) is 0 Å². The highest BCUT2D eigenvalue weighted by Crippen LogP contribution is 2.44. The number of aromatic nitrogens is 1. The van der Waals surface area contributed by atoms with Crippen LogP contribution in [-0.2, 0) is 6.54 Å². The predicted octanol–water partition coefficient (Wildman–Crippen LogP) is 6.20. The molecular formula is C27H25BrN2O3. The number of halogens is 1. The van der Waals surface area contributed by atoms with Crippen molar-refractivity contribution in [2.75, 3.05) is 6.54 Å². The quantitative estimate of drug-likeness (QED) is 0.428. The molecule has 33 heavy (non-hydrogen) atoms. The highest BCUT2D eigenvalue weighted by Gasteiger charge is 2.35. The van der Waals surface area contributed by atoms with Gasteiger partial charge >= 0.3 is 0 Å². The van der Waals surface area contributed by atoms with Crippen LogP contribution in [0.15, 0.2) is 65.1 Å². The molecule has 5 rings (SSSR count). The lowest BCUT2D eigenvalue weighted by Crippen LogP contribution is -2.33. The van der Waals surface area contributed by atoms with E-state index < -0.39 is 0 Å². The van der Waals surface area contributed by atoms with Gasteiger partial charge in [-0.05, 0) is 73.3 Å². The Morgan fingerprint density at radius 3 is 2.82 bits per heavy atom. The van der Waals surface area contributed by atoms with Crippen LogP contribution in [0.25, 0.3) is 6.08 Å². The Bertz CT molecular complexity index is 1220. The van der Waals surface area contributed by atoms with Crippen LogP contribution in [-0.4, -0.2) is 27.3 Å². The molecule has 1 saturated heterocycles. The summed E-state index contributed by atoms with van der Waals surface area (Å²) in [6.45, 7) is 3.26. The first kappa shape index (κ1) is 21.9. The maximum absolute atomic E-state index is 13.2. The van der Waals surface area contributed by atoms with Crippen LogP contribution in [0.2, 0.25) is 0 Å². The van der Waals surface area contributed by atoms with Gasteiger partial charge in [0.2, 0.25) is 5.78 Å². The van der Waals surface area contributed by atoms with E-state index in [1.807, 2.05) is 43.5 Å². The lowest BCUT2D eigenvalue weighted by atomic mass is 9.94. The maximum atomic E-state index is 13.2. The number of fused-ring (bicyclic) bond motifs is 1. The van der Waals surface area contributed by atoms with Gasteiger partial charge < -0.3 is 9.84 Å². The van der Waals surface area contributed by atoms with E-state index in [1.54, 1.807) is 18.3 Å². The fraction of sp³-hybridized carbons (Fsp3) is 0.259. The first-order valence-corrected chi connectivity index (χ1v) is 12.0. The molecule has 3 aromatic rings. The second-order valence-corrected chi connectivity index (χ2v) is 9.57. The molecule has 168 valence electrons. The lowest BCUT2D eigenvalue weighted by molar-refractivity contribution is 0.101. The minimum atomic E-state index is -0.144. The number of hydrogen-bond acceptors (Lipinski definition) is 5. The molecule has 2 aliphatic rings. The van der Waals surface area contributed by atoms with Crippen LogP contribution >= 0.6 is 15.9 Å². The van der Waals surface area contributed by atoms with Gasteiger partial charge in [-0.1, -0.05) is 40.5 Å². The number of phenols is 1. The van der Waals surface area contributed by atoms with Gasteiger partial charge in [-0.2, -0.15) is 0 Å². The zero-order valence-electron chi connectivity index (χ0n) is 18.4. The molecule has 5 nitrogen and oxygen atoms in total. The number of pyridine rings is 1. The molecule has 2 aliphatic heterocycles. The number of carbonyl (C=O) groups excluding carboxylic acids is 1. The minimum Gasteiger partial charge on any atom is -0.507 e. The normalized spacial score (nSPS) is 19.5. The van der Waals surface area contributed by atoms with Crippen molar-refractivity contribution < 1.29 is 14.6 Å². The third-order valence-electron chi connectivity index (χ3n) is 6.43. The summed E-state index contributed by atoms with van der Waals surface area (Å²) in [5.41, 5.74) is 3.98. The number of ketones is 1. The molecule has 0 saturated carbocycles. The first-order chi connectivity index (χ1) is 16.0. The van der Waals surface area contributed by atoms with Gasteiger partial charge in [0.05, 0.1) is 11.1 Å². The second kappa shape index (κ2) is 9.12. The van der Waals surface area contributed by atoms with E-state index in [2.05, 4.69) is 31.9 Å². The van der Waals surface area contributed by atoms with E-state index in [4.69, 9.17) is 4.74 Å². The van der Waals surface area contributed by atoms with Crippen molar-refractivity contribution in [3.8, 4) is 11.5 Å². The molecule has 0 amide bonds. The molecule has 6 heteroatoms. The molecule has 0 radical (unpaired) electrons. The smallest absolute Gasteiger partial charge is 0.232 e. The van der Waals surface area contributed by atoms with Gasteiger partial charge in [0.15, 0.2) is 5.76 Å². The van der Waals surface area contributed by atoms with Gasteiger partial charge in [-0.25, -0.2) is 0 Å². The van der Waals surface area contributed by atoms with E-state index in [1.165, 1.54) is 5.56 Å². The van der Waals surface area contributed by atoms with Gasteiger partial charge in [-0.3, -0.25) is 14.7 Å². The van der Waals surface area contributed by atoms with E-state index in [0.29, 0.717) is 23.4 Å². The third-order valence-corrected chi connectivity index (χ3v) is 6.96. The average Bonchev–Trinajstić information content (AvgIpc) is 3.15. The fourth-order valence-corrected chi connectivity index (χ4v) is 5.04. The van der Waals surface area contributed by atoms with Crippen molar-refractivity contribution in [3.63, 3.8) is 0 Å². The summed E-state index contributed by atoms with van der Waals surface area (Å²) in [7, 11) is 0. The molecular weight excluding hydrogens is 480 g/mol. The zero-order chi connectivity index (χ0) is 22.9. The number of allylic oxidation sites excluding steroid dienone is 1. The molecule has 0 spiro atoms. The molecule has 2 aromatic carbocycles. The van der Waals surface area contributed by atoms with Crippen molar-refractivity contribution in [1.29, 1.82) is 0 Å². The molecule has 1 atom stereocenters. The number of aromatic hydroxyl groups is 1. The van der Waals surface area contributed by atoms with Gasteiger partial charge in [0, 0.05) is 29.5 Å². The summed E-state index contributed by atoms with van der Waals surface area (Å²) in [4.78, 5) is 19.9. The maximum Gasteiger partial charge on any atom is 0.232 e. The lowest BCUT2D eigenvalue weighted by Gasteiger charge is -2.36. The predicted molar refractivity (Wildman–Crippen MR) is 131 cm³/mol. The van der Waals surface area contributed by atoms with Crippen LogP contribution in [0.4, 0.5) is 0 Å². The van der Waals surface area contributed by atoms with Gasteiger partial charge in [-0.15, -0.1) is 0 Å². The van der Waals surface area contributed by atoms with Crippen molar-refractivity contribution >= 4 is 27.8 Å². The number of nitrogens with zero attached hydrogens (tertiary/aromatic N) is 2. The summed E-state index contributed by atoms with van der Waals surface area (Å²) in [6, 6.07) is 13.7. The van der Waals surface area contributed by atoms with E-state index >= 15 is 0 Å². The fourth-order valence-electron chi connectivity index (χ4n) is 4.78. The molecule has 1 fully saturated rings. The minimum absolute atomic E-state index is 0.144. The Kier molecular flexibility index (Phi) is 6.04. The van der Waals surface area contributed by atoms with Crippen molar-refractivity contribution in [2.45, 2.75) is 38.8 Å². The Morgan fingerprint density at radius 2 is 2.06 bits per heavy atom. The van der Waals surface area contributed by atoms with Crippen LogP contribution in [0, 0.1) is 6.92 Å². The number of likely N-dealkylation sites (tertiary alicyclic amines) is 1. The standard InChI is InChI=1S/C27H25BrN2O3/c1-17-13-23(31)21(16-30-12-3-2-6-22(30)19-5-4-11-29-15-19)27-25(17)26(32)24(33-27)14-18-7-9-20(28)10-8-18/h4-5,7-11,13-15,22,31H,2-3,6,12,16H2,1H3/b24-14-/t22-/m0/s1. The summed E-state index contributed by atoms with van der Waals surface area (Å²) in [5.74, 6) is 0.787. The zero-order valence-corrected chi connectivity index (χ0v) is 20.0. The SMILES string of the molecule is Cc1cc(O)c(CN2CCCC[C@H]2c2cccnc2)c2c1C(=O)/C(=C/c1ccc(Br)cc1)O2. The number of carbonyl (C=O) groups is 1. The molecule has 0 aliphatic carbocycles. The highest BCUT2D eigenvalue weighted by molar-refractivity contribution is 9.10. The number of phenolic OH excluding ortho intramolecular Hbond substituents is 1. The van der Waals surface area contributed by atoms with Crippen LogP contribution in [0.3, 0.4) is 0 Å². The number of ether oxygens (including phenoxy) is 1. The monoisotopic (exact) mass is 504 g/mol. The highest BCUT2D eigenvalue weighted by atomic mass is 79.9. The number of piperidine rings is 1. The topological polar surface area (TPSA) is 62.7 Å². The van der Waals surface area contributed by atoms with Crippen molar-refractivity contribution in [3.05, 3.63) is 92.9 Å². The van der Waals surface area contributed by atoms with E-state index in [-0.39, 0.29) is 23.3 Å². The first-order valence-electron chi connectivity index (χ1n) is 11.2. The summed E-state index contributed by atoms with van der Waals surface area (Å²) in [6.07, 6.45) is 8.75. The molecule has 0 bridgehead atoms. The summed E-state index contributed by atoms with van der Waals surface area (Å²) >= 11 is 3.43. The number of aryl methyl sites for hydroxylation is 1. The molecule has 0 unspecified atom stereocenters. The van der Waals surface area contributed by atoms with Gasteiger partial charge in [0.1, 0.15) is 11.5 Å². The number of benzene rings is 2. The number of Topliss-reactive ketones (excluding diaryl/α,β-unsaturated/α-hetero) is 1. The Morgan fingerprint density at radius 1 is 1.24 bits per heavy atom. The van der Waals surface area contributed by atoms with Crippen LogP contribution in [0.5, 0.6) is 11.5 Å². The van der Waals surface area contributed by atoms with E-state index in [9.17, 15) is 9.90 Å². The second-order valence-electron chi connectivity index (χ2n) is 8.66. The average molecular weight is 505 g/mol. The van der Waals surface area contributed by atoms with Crippen molar-refractivity contribution in [1.82, 2.24) is 9.88 Å². The molecule has 1 N–H and O–H groups in total.